The summed E-state index contributed by atoms with van der Waals surface area (Å²) < 4.78 is 0.713. The first-order valence-electron chi connectivity index (χ1n) is 8.74. The lowest BCUT2D eigenvalue weighted by Gasteiger charge is -2.16. The second kappa shape index (κ2) is 8.71. The maximum Gasteiger partial charge on any atom is 0.239 e. The molecule has 0 bridgehead atoms. The normalized spacial score (nSPS) is 13.3. The Balaban J connectivity index is 1.46. The number of carbonyl (C=O) groups is 2. The van der Waals surface area contributed by atoms with E-state index in [9.17, 15) is 9.59 Å². The molecule has 0 saturated heterocycles. The van der Waals surface area contributed by atoms with Gasteiger partial charge in [-0.15, -0.1) is 10.2 Å². The third-order valence-corrected chi connectivity index (χ3v) is 6.19. The SMILES string of the molecule is Cc1ccc(Nc2nnc(SCC(=O)N(C)CC(=O)NC3CC3)s2)cc1C. The van der Waals surface area contributed by atoms with E-state index in [-0.39, 0.29) is 24.1 Å². The van der Waals surface area contributed by atoms with Gasteiger partial charge in [0.15, 0.2) is 4.34 Å². The topological polar surface area (TPSA) is 87.2 Å². The number of anilines is 2. The Labute approximate surface area is 166 Å². The molecule has 7 nitrogen and oxygen atoms in total. The maximum atomic E-state index is 12.2. The molecular formula is C18H23N5O2S2. The molecule has 1 aromatic heterocycles. The number of hydrogen-bond donors (Lipinski definition) is 2. The minimum absolute atomic E-state index is 0.0889. The minimum Gasteiger partial charge on any atom is -0.352 e. The standard InChI is InChI=1S/C18H23N5O2S2/c1-11-4-5-14(8-12(11)2)20-17-21-22-18(27-17)26-10-16(25)23(3)9-15(24)19-13-6-7-13/h4-5,8,13H,6-7,9-10H2,1-3H3,(H,19,24)(H,20,21). The first-order valence-corrected chi connectivity index (χ1v) is 10.5. The van der Waals surface area contributed by atoms with E-state index in [0.29, 0.717) is 15.5 Å². The molecule has 0 atom stereocenters. The average Bonchev–Trinajstić information content (AvgIpc) is 3.32. The van der Waals surface area contributed by atoms with Gasteiger partial charge in [0.05, 0.1) is 12.3 Å². The Morgan fingerprint density at radius 3 is 2.74 bits per heavy atom. The molecule has 3 rings (SSSR count). The molecule has 2 N–H and O–H groups in total. The first-order chi connectivity index (χ1) is 12.9. The van der Waals surface area contributed by atoms with Gasteiger partial charge in [0.25, 0.3) is 0 Å². The Morgan fingerprint density at radius 1 is 1.26 bits per heavy atom. The van der Waals surface area contributed by atoms with Crippen molar-refractivity contribution in [2.24, 2.45) is 0 Å². The molecule has 0 aliphatic heterocycles. The number of amides is 2. The van der Waals surface area contributed by atoms with Crippen molar-refractivity contribution < 1.29 is 9.59 Å². The van der Waals surface area contributed by atoms with Gasteiger partial charge in [-0.2, -0.15) is 0 Å². The van der Waals surface area contributed by atoms with Crippen molar-refractivity contribution >= 4 is 45.7 Å². The van der Waals surface area contributed by atoms with Crippen molar-refractivity contribution in [2.45, 2.75) is 37.1 Å². The number of likely N-dealkylation sites (N-methyl/N-ethyl adjacent to an activating group) is 1. The molecule has 0 spiro atoms. The fraction of sp³-hybridized carbons (Fsp3) is 0.444. The van der Waals surface area contributed by atoms with Crippen LogP contribution >= 0.6 is 23.1 Å². The van der Waals surface area contributed by atoms with Gasteiger partial charge in [0.2, 0.25) is 16.9 Å². The molecule has 1 saturated carbocycles. The summed E-state index contributed by atoms with van der Waals surface area (Å²) >= 11 is 2.73. The minimum atomic E-state index is -0.107. The second-order valence-electron chi connectivity index (χ2n) is 6.68. The van der Waals surface area contributed by atoms with E-state index in [1.165, 1.54) is 39.1 Å². The second-order valence-corrected chi connectivity index (χ2v) is 8.88. The van der Waals surface area contributed by atoms with Gasteiger partial charge >= 0.3 is 0 Å². The Morgan fingerprint density at radius 2 is 2.04 bits per heavy atom. The summed E-state index contributed by atoms with van der Waals surface area (Å²) in [5.41, 5.74) is 3.41. The third kappa shape index (κ3) is 5.93. The molecule has 27 heavy (non-hydrogen) atoms. The third-order valence-electron chi connectivity index (χ3n) is 4.23. The van der Waals surface area contributed by atoms with Crippen LogP contribution in [0.3, 0.4) is 0 Å². The number of carbonyl (C=O) groups excluding carboxylic acids is 2. The number of hydrogen-bond acceptors (Lipinski definition) is 7. The molecule has 1 aliphatic rings. The van der Waals surface area contributed by atoms with E-state index < -0.39 is 0 Å². The molecule has 0 radical (unpaired) electrons. The number of rotatable bonds is 8. The fourth-order valence-electron chi connectivity index (χ4n) is 2.30. The zero-order valence-corrected chi connectivity index (χ0v) is 17.2. The highest BCUT2D eigenvalue weighted by atomic mass is 32.2. The van der Waals surface area contributed by atoms with Crippen LogP contribution in [0.2, 0.25) is 0 Å². The largest absolute Gasteiger partial charge is 0.352 e. The van der Waals surface area contributed by atoms with Crippen molar-refractivity contribution in [3.8, 4) is 0 Å². The van der Waals surface area contributed by atoms with E-state index >= 15 is 0 Å². The summed E-state index contributed by atoms with van der Waals surface area (Å²) in [6.07, 6.45) is 2.07. The quantitative estimate of drug-likeness (QED) is 0.657. The van der Waals surface area contributed by atoms with Crippen LogP contribution in [0.4, 0.5) is 10.8 Å². The van der Waals surface area contributed by atoms with E-state index in [0.717, 1.165) is 18.5 Å². The van der Waals surface area contributed by atoms with E-state index in [1.807, 2.05) is 6.07 Å². The summed E-state index contributed by atoms with van der Waals surface area (Å²) in [5, 5.41) is 15.0. The number of aromatic nitrogens is 2. The van der Waals surface area contributed by atoms with Crippen molar-refractivity contribution in [3.05, 3.63) is 29.3 Å². The fourth-order valence-corrected chi connectivity index (χ4v) is 4.01. The monoisotopic (exact) mass is 405 g/mol. The predicted molar refractivity (Wildman–Crippen MR) is 109 cm³/mol. The summed E-state index contributed by atoms with van der Waals surface area (Å²) in [6, 6.07) is 6.43. The zero-order chi connectivity index (χ0) is 19.4. The highest BCUT2D eigenvalue weighted by Crippen LogP contribution is 2.28. The number of nitrogens with one attached hydrogen (secondary N) is 2. The van der Waals surface area contributed by atoms with Crippen LogP contribution in [0, 0.1) is 13.8 Å². The van der Waals surface area contributed by atoms with Gasteiger partial charge < -0.3 is 15.5 Å². The molecule has 0 unspecified atom stereocenters. The van der Waals surface area contributed by atoms with Gasteiger partial charge in [-0.05, 0) is 49.9 Å². The van der Waals surface area contributed by atoms with Gasteiger partial charge in [0.1, 0.15) is 0 Å². The highest BCUT2D eigenvalue weighted by Gasteiger charge is 2.24. The van der Waals surface area contributed by atoms with Crippen LogP contribution in [0.15, 0.2) is 22.5 Å². The van der Waals surface area contributed by atoms with Gasteiger partial charge in [0, 0.05) is 18.8 Å². The summed E-state index contributed by atoms with van der Waals surface area (Å²) in [7, 11) is 1.64. The van der Waals surface area contributed by atoms with Crippen molar-refractivity contribution in [2.75, 3.05) is 24.7 Å². The molecule has 144 valence electrons. The molecule has 2 aromatic rings. The first kappa shape index (κ1) is 19.6. The summed E-state index contributed by atoms with van der Waals surface area (Å²) in [6.45, 7) is 4.23. The van der Waals surface area contributed by atoms with Crippen LogP contribution in [0.25, 0.3) is 0 Å². The zero-order valence-electron chi connectivity index (χ0n) is 15.6. The van der Waals surface area contributed by atoms with E-state index in [4.69, 9.17) is 0 Å². The Kier molecular flexibility index (Phi) is 6.33. The lowest BCUT2D eigenvalue weighted by molar-refractivity contribution is -0.132. The lowest BCUT2D eigenvalue weighted by atomic mass is 10.1. The van der Waals surface area contributed by atoms with E-state index in [2.05, 4.69) is 46.8 Å². The maximum absolute atomic E-state index is 12.2. The number of nitrogens with zero attached hydrogens (tertiary/aromatic N) is 3. The summed E-state index contributed by atoms with van der Waals surface area (Å²) in [5.74, 6) is 0.0184. The molecule has 2 amide bonds. The lowest BCUT2D eigenvalue weighted by Crippen LogP contribution is -2.39. The van der Waals surface area contributed by atoms with Crippen LogP contribution < -0.4 is 10.6 Å². The van der Waals surface area contributed by atoms with Crippen LogP contribution in [-0.2, 0) is 9.59 Å². The molecule has 1 aromatic carbocycles. The van der Waals surface area contributed by atoms with Crippen molar-refractivity contribution in [1.82, 2.24) is 20.4 Å². The van der Waals surface area contributed by atoms with Crippen LogP contribution in [-0.4, -0.2) is 52.3 Å². The van der Waals surface area contributed by atoms with E-state index in [1.54, 1.807) is 7.05 Å². The van der Waals surface area contributed by atoms with Crippen LogP contribution in [0.5, 0.6) is 0 Å². The average molecular weight is 406 g/mol. The van der Waals surface area contributed by atoms with Crippen molar-refractivity contribution in [1.29, 1.82) is 0 Å². The Hall–Kier alpha value is -2.13. The number of thioether (sulfide) groups is 1. The smallest absolute Gasteiger partial charge is 0.239 e. The number of aryl methyl sites for hydroxylation is 2. The summed E-state index contributed by atoms with van der Waals surface area (Å²) in [4.78, 5) is 25.4. The number of benzene rings is 1. The molecular weight excluding hydrogens is 382 g/mol. The molecule has 1 fully saturated rings. The molecule has 9 heteroatoms. The van der Waals surface area contributed by atoms with Crippen LogP contribution in [0.1, 0.15) is 24.0 Å². The van der Waals surface area contributed by atoms with Crippen molar-refractivity contribution in [3.63, 3.8) is 0 Å². The Bertz CT molecular complexity index is 835. The van der Waals surface area contributed by atoms with Gasteiger partial charge in [-0.3, -0.25) is 9.59 Å². The molecule has 1 heterocycles. The molecule has 1 aliphatic carbocycles. The predicted octanol–water partition coefficient (Wildman–Crippen LogP) is 2.73. The van der Waals surface area contributed by atoms with Gasteiger partial charge in [-0.1, -0.05) is 29.2 Å². The van der Waals surface area contributed by atoms with Gasteiger partial charge in [-0.25, -0.2) is 0 Å². The highest BCUT2D eigenvalue weighted by molar-refractivity contribution is 8.01.